The van der Waals surface area contributed by atoms with Crippen molar-refractivity contribution in [3.63, 3.8) is 0 Å². The molecule has 0 radical (unpaired) electrons. The molecular weight excluding hydrogens is 250 g/mol. The number of hydrogen-bond acceptors (Lipinski definition) is 7. The zero-order chi connectivity index (χ0) is 14.3. The first-order valence-corrected chi connectivity index (χ1v) is 6.09. The van der Waals surface area contributed by atoms with Gasteiger partial charge in [-0.2, -0.15) is 0 Å². The van der Waals surface area contributed by atoms with Crippen molar-refractivity contribution in [1.29, 1.82) is 0 Å². The summed E-state index contributed by atoms with van der Waals surface area (Å²) in [4.78, 5) is 14.4. The van der Waals surface area contributed by atoms with Crippen LogP contribution in [0.5, 0.6) is 0 Å². The number of aliphatic hydroxyl groups excluding tert-OH is 1. The molecule has 19 heavy (non-hydrogen) atoms. The molecule has 0 bridgehead atoms. The van der Waals surface area contributed by atoms with E-state index in [2.05, 4.69) is 15.7 Å². The van der Waals surface area contributed by atoms with E-state index in [-0.39, 0.29) is 24.0 Å². The van der Waals surface area contributed by atoms with Crippen LogP contribution >= 0.6 is 0 Å². The minimum Gasteiger partial charge on any atom is -0.396 e. The zero-order valence-corrected chi connectivity index (χ0v) is 10.8. The molecule has 0 saturated heterocycles. The molecule has 1 atom stereocenters. The van der Waals surface area contributed by atoms with Crippen molar-refractivity contribution in [2.24, 2.45) is 11.8 Å². The molecule has 0 amide bonds. The molecule has 5 N–H and O–H groups in total. The van der Waals surface area contributed by atoms with E-state index in [4.69, 9.17) is 10.9 Å². The molecule has 1 aromatic heterocycles. The molecule has 0 aromatic carbocycles. The Morgan fingerprint density at radius 1 is 1.58 bits per heavy atom. The average molecular weight is 269 g/mol. The van der Waals surface area contributed by atoms with Gasteiger partial charge < -0.3 is 15.8 Å². The van der Waals surface area contributed by atoms with Crippen LogP contribution in [-0.4, -0.2) is 28.2 Å². The molecule has 0 saturated carbocycles. The van der Waals surface area contributed by atoms with Gasteiger partial charge in [0.1, 0.15) is 5.82 Å². The summed E-state index contributed by atoms with van der Waals surface area (Å²) in [6.07, 6.45) is 1.52. The van der Waals surface area contributed by atoms with E-state index in [1.807, 2.05) is 6.92 Å². The Hall–Kier alpha value is -1.93. The third-order valence-electron chi connectivity index (χ3n) is 2.89. The summed E-state index contributed by atoms with van der Waals surface area (Å²) in [5.41, 5.74) is 2.25. The number of nitrogens with one attached hydrogen (secondary N) is 2. The summed E-state index contributed by atoms with van der Waals surface area (Å²) in [5, 5.41) is 22.8. The SMILES string of the molecule is CCC(CCO)CNc1nc(NN)ccc1[N+](=O)[O-]. The van der Waals surface area contributed by atoms with E-state index in [1.54, 1.807) is 0 Å². The number of nitrogens with zero attached hydrogens (tertiary/aromatic N) is 2. The Bertz CT molecular complexity index is 427. The van der Waals surface area contributed by atoms with Gasteiger partial charge in [0.05, 0.1) is 4.92 Å². The number of hydrazine groups is 1. The molecule has 1 unspecified atom stereocenters. The standard InChI is InChI=1S/C11H19N5O3/c1-2-8(5-6-17)7-13-11-9(16(18)19)3-4-10(14-11)15-12/h3-4,8,17H,2,5-7,12H2,1H3,(H2,13,14,15). The van der Waals surface area contributed by atoms with Gasteiger partial charge in [-0.05, 0) is 18.4 Å². The molecule has 0 fully saturated rings. The van der Waals surface area contributed by atoms with Crippen molar-refractivity contribution in [1.82, 2.24) is 4.98 Å². The number of aliphatic hydroxyl groups is 1. The Kier molecular flexibility index (Phi) is 5.97. The summed E-state index contributed by atoms with van der Waals surface area (Å²) >= 11 is 0. The van der Waals surface area contributed by atoms with Gasteiger partial charge in [-0.15, -0.1) is 0 Å². The molecule has 8 nitrogen and oxygen atoms in total. The van der Waals surface area contributed by atoms with Crippen LogP contribution in [0.4, 0.5) is 17.3 Å². The van der Waals surface area contributed by atoms with Gasteiger partial charge in [-0.25, -0.2) is 10.8 Å². The first kappa shape index (κ1) is 15.1. The first-order valence-electron chi connectivity index (χ1n) is 6.09. The third-order valence-corrected chi connectivity index (χ3v) is 2.89. The fourth-order valence-corrected chi connectivity index (χ4v) is 1.68. The van der Waals surface area contributed by atoms with Crippen molar-refractivity contribution in [2.75, 3.05) is 23.9 Å². The number of nitro groups is 1. The Labute approximate surface area is 111 Å². The Balaban J connectivity index is 2.82. The van der Waals surface area contributed by atoms with Crippen LogP contribution in [0, 0.1) is 16.0 Å². The first-order chi connectivity index (χ1) is 9.12. The van der Waals surface area contributed by atoms with Crippen molar-refractivity contribution in [3.8, 4) is 0 Å². The summed E-state index contributed by atoms with van der Waals surface area (Å²) in [6.45, 7) is 2.61. The number of rotatable bonds is 8. The zero-order valence-electron chi connectivity index (χ0n) is 10.8. The maximum Gasteiger partial charge on any atom is 0.311 e. The largest absolute Gasteiger partial charge is 0.396 e. The summed E-state index contributed by atoms with van der Waals surface area (Å²) in [5.74, 6) is 6.00. The molecule has 106 valence electrons. The van der Waals surface area contributed by atoms with Crippen LogP contribution in [0.2, 0.25) is 0 Å². The predicted octanol–water partition coefficient (Wildman–Crippen LogP) is 1.10. The Morgan fingerprint density at radius 3 is 2.84 bits per heavy atom. The summed E-state index contributed by atoms with van der Waals surface area (Å²) < 4.78 is 0. The molecule has 0 spiro atoms. The van der Waals surface area contributed by atoms with Crippen LogP contribution in [0.1, 0.15) is 19.8 Å². The van der Waals surface area contributed by atoms with Crippen molar-refractivity contribution < 1.29 is 10.0 Å². The van der Waals surface area contributed by atoms with E-state index in [0.29, 0.717) is 18.8 Å². The second-order valence-corrected chi connectivity index (χ2v) is 4.13. The van der Waals surface area contributed by atoms with E-state index in [0.717, 1.165) is 6.42 Å². The van der Waals surface area contributed by atoms with Gasteiger partial charge in [0, 0.05) is 19.2 Å². The number of anilines is 2. The monoisotopic (exact) mass is 269 g/mol. The topological polar surface area (TPSA) is 126 Å². The minimum absolute atomic E-state index is 0.0973. The highest BCUT2D eigenvalue weighted by atomic mass is 16.6. The average Bonchev–Trinajstić information content (AvgIpc) is 2.42. The van der Waals surface area contributed by atoms with Crippen LogP contribution in [0.3, 0.4) is 0 Å². The smallest absolute Gasteiger partial charge is 0.311 e. The molecule has 8 heteroatoms. The van der Waals surface area contributed by atoms with E-state index < -0.39 is 4.92 Å². The summed E-state index contributed by atoms with van der Waals surface area (Å²) in [7, 11) is 0. The number of hydrogen-bond donors (Lipinski definition) is 4. The van der Waals surface area contributed by atoms with Crippen LogP contribution in [-0.2, 0) is 0 Å². The highest BCUT2D eigenvalue weighted by molar-refractivity contribution is 5.59. The molecule has 0 aliphatic rings. The molecule has 1 rings (SSSR count). The second-order valence-electron chi connectivity index (χ2n) is 4.13. The lowest BCUT2D eigenvalue weighted by Crippen LogP contribution is -2.17. The molecule has 1 aromatic rings. The van der Waals surface area contributed by atoms with Gasteiger partial charge in [-0.3, -0.25) is 10.1 Å². The van der Waals surface area contributed by atoms with Gasteiger partial charge in [0.15, 0.2) is 0 Å². The molecule has 0 aliphatic heterocycles. The summed E-state index contributed by atoms with van der Waals surface area (Å²) in [6, 6.07) is 2.78. The third kappa shape index (κ3) is 4.34. The van der Waals surface area contributed by atoms with E-state index >= 15 is 0 Å². The van der Waals surface area contributed by atoms with Gasteiger partial charge in [0.2, 0.25) is 5.82 Å². The number of nitrogen functional groups attached to an aromatic ring is 1. The lowest BCUT2D eigenvalue weighted by Gasteiger charge is -2.15. The number of aromatic nitrogens is 1. The van der Waals surface area contributed by atoms with Crippen LogP contribution in [0.15, 0.2) is 12.1 Å². The van der Waals surface area contributed by atoms with Crippen molar-refractivity contribution >= 4 is 17.3 Å². The van der Waals surface area contributed by atoms with Gasteiger partial charge in [-0.1, -0.05) is 13.3 Å². The lowest BCUT2D eigenvalue weighted by molar-refractivity contribution is -0.384. The quantitative estimate of drug-likeness (QED) is 0.316. The van der Waals surface area contributed by atoms with Gasteiger partial charge >= 0.3 is 5.69 Å². The van der Waals surface area contributed by atoms with E-state index in [1.165, 1.54) is 12.1 Å². The predicted molar refractivity (Wildman–Crippen MR) is 72.7 cm³/mol. The molecule has 0 aliphatic carbocycles. The molecule has 1 heterocycles. The minimum atomic E-state index is -0.497. The molecular formula is C11H19N5O3. The highest BCUT2D eigenvalue weighted by Crippen LogP contribution is 2.24. The highest BCUT2D eigenvalue weighted by Gasteiger charge is 2.16. The van der Waals surface area contributed by atoms with Crippen LogP contribution in [0.25, 0.3) is 0 Å². The lowest BCUT2D eigenvalue weighted by atomic mass is 10.0. The normalized spacial score (nSPS) is 11.9. The van der Waals surface area contributed by atoms with Crippen molar-refractivity contribution in [2.45, 2.75) is 19.8 Å². The maximum absolute atomic E-state index is 10.9. The second kappa shape index (κ2) is 7.49. The number of pyridine rings is 1. The fourth-order valence-electron chi connectivity index (χ4n) is 1.68. The van der Waals surface area contributed by atoms with Crippen molar-refractivity contribution in [3.05, 3.63) is 22.2 Å². The van der Waals surface area contributed by atoms with Crippen LogP contribution < -0.4 is 16.6 Å². The number of nitrogens with two attached hydrogens (primary N) is 1. The Morgan fingerprint density at radius 2 is 2.32 bits per heavy atom. The van der Waals surface area contributed by atoms with Gasteiger partial charge in [0.25, 0.3) is 0 Å². The maximum atomic E-state index is 10.9. The fraction of sp³-hybridized carbons (Fsp3) is 0.545. The van der Waals surface area contributed by atoms with E-state index in [9.17, 15) is 10.1 Å².